The molecule has 0 atom stereocenters. The van der Waals surface area contributed by atoms with Gasteiger partial charge in [0.15, 0.2) is 0 Å². The van der Waals surface area contributed by atoms with Crippen LogP contribution < -0.4 is 0 Å². The molecule has 0 aliphatic rings. The van der Waals surface area contributed by atoms with E-state index in [1.54, 1.807) is 11.3 Å². The van der Waals surface area contributed by atoms with Gasteiger partial charge in [0.2, 0.25) is 0 Å². The van der Waals surface area contributed by atoms with E-state index >= 15 is 0 Å². The molecular weight excluding hydrogens is 193 g/mol. The highest BCUT2D eigenvalue weighted by atomic mass is 19.4. The molecule has 0 N–H and O–H groups in total. The van der Waals surface area contributed by atoms with Crippen molar-refractivity contribution in [2.75, 3.05) is 0 Å². The zero-order valence-corrected chi connectivity index (χ0v) is 7.34. The summed E-state index contributed by atoms with van der Waals surface area (Å²) in [5, 5.41) is 0. The first-order valence-corrected chi connectivity index (χ1v) is 3.98. The second-order valence-corrected chi connectivity index (χ2v) is 3.07. The van der Waals surface area contributed by atoms with Gasteiger partial charge in [-0.3, -0.25) is 0 Å². The summed E-state index contributed by atoms with van der Waals surface area (Å²) in [5.74, 6) is 0. The predicted octanol–water partition coefficient (Wildman–Crippen LogP) is 2.66. The molecule has 0 radical (unpaired) electrons. The fraction of sp³-hybridized carbons (Fsp3) is 0.222. The number of halogens is 3. The summed E-state index contributed by atoms with van der Waals surface area (Å²) in [7, 11) is 0. The van der Waals surface area contributed by atoms with E-state index in [-0.39, 0.29) is 0 Å². The monoisotopic (exact) mass is 200 g/mol. The highest BCUT2D eigenvalue weighted by molar-refractivity contribution is 5.49. The molecule has 0 spiro atoms. The Bertz CT molecular complexity index is 470. The summed E-state index contributed by atoms with van der Waals surface area (Å²) in [5.41, 5.74) is 0.340. The Morgan fingerprint density at radius 1 is 1.29 bits per heavy atom. The third-order valence-corrected chi connectivity index (χ3v) is 2.04. The summed E-state index contributed by atoms with van der Waals surface area (Å²) in [6.45, 7) is 1.62. The predicted molar refractivity (Wildman–Crippen MR) is 44.9 cm³/mol. The summed E-state index contributed by atoms with van der Waals surface area (Å²) >= 11 is 0. The van der Waals surface area contributed by atoms with Crippen LogP contribution in [0.15, 0.2) is 24.7 Å². The van der Waals surface area contributed by atoms with Crippen LogP contribution in [0.3, 0.4) is 0 Å². The quantitative estimate of drug-likeness (QED) is 0.639. The maximum atomic E-state index is 12.4. The molecule has 5 heteroatoms. The number of hydrogen-bond donors (Lipinski definition) is 0. The van der Waals surface area contributed by atoms with Crippen LogP contribution in [0.4, 0.5) is 13.2 Å². The number of hydrogen-bond acceptors (Lipinski definition) is 1. The van der Waals surface area contributed by atoms with E-state index in [1.807, 2.05) is 0 Å². The van der Waals surface area contributed by atoms with E-state index in [1.165, 1.54) is 12.5 Å². The SMILES string of the molecule is Cc1cc(C(F)(F)F)cc2cncn12. The average Bonchev–Trinajstić information content (AvgIpc) is 2.50. The molecule has 2 heterocycles. The molecular formula is C9H7F3N2. The molecule has 0 aliphatic carbocycles. The van der Waals surface area contributed by atoms with Gasteiger partial charge in [-0.1, -0.05) is 0 Å². The number of pyridine rings is 1. The molecule has 0 fully saturated rings. The minimum absolute atomic E-state index is 0.456. The van der Waals surface area contributed by atoms with Crippen LogP contribution >= 0.6 is 0 Å². The second-order valence-electron chi connectivity index (χ2n) is 3.07. The normalized spacial score (nSPS) is 12.3. The molecule has 74 valence electrons. The second kappa shape index (κ2) is 2.73. The van der Waals surface area contributed by atoms with Crippen molar-refractivity contribution in [1.29, 1.82) is 0 Å². The first-order chi connectivity index (χ1) is 6.48. The van der Waals surface area contributed by atoms with Gasteiger partial charge in [-0.2, -0.15) is 13.2 Å². The lowest BCUT2D eigenvalue weighted by molar-refractivity contribution is -0.137. The molecule has 2 aromatic heterocycles. The van der Waals surface area contributed by atoms with Gasteiger partial charge in [0.05, 0.1) is 23.6 Å². The third-order valence-electron chi connectivity index (χ3n) is 2.04. The molecule has 0 unspecified atom stereocenters. The van der Waals surface area contributed by atoms with Crippen molar-refractivity contribution < 1.29 is 13.2 Å². The van der Waals surface area contributed by atoms with Crippen molar-refractivity contribution >= 4 is 5.52 Å². The molecule has 14 heavy (non-hydrogen) atoms. The number of aromatic nitrogens is 2. The topological polar surface area (TPSA) is 17.3 Å². The fourth-order valence-electron chi connectivity index (χ4n) is 1.37. The summed E-state index contributed by atoms with van der Waals surface area (Å²) in [4.78, 5) is 3.78. The summed E-state index contributed by atoms with van der Waals surface area (Å²) in [6.07, 6.45) is -1.40. The largest absolute Gasteiger partial charge is 0.416 e. The lowest BCUT2D eigenvalue weighted by Crippen LogP contribution is -2.06. The Morgan fingerprint density at radius 3 is 2.64 bits per heavy atom. The Balaban J connectivity index is 2.70. The van der Waals surface area contributed by atoms with Crippen LogP contribution in [0.1, 0.15) is 11.3 Å². The van der Waals surface area contributed by atoms with E-state index in [2.05, 4.69) is 4.98 Å². The van der Waals surface area contributed by atoms with Crippen LogP contribution in [0.2, 0.25) is 0 Å². The molecule has 0 saturated carbocycles. The Morgan fingerprint density at radius 2 is 2.00 bits per heavy atom. The van der Waals surface area contributed by atoms with Crippen LogP contribution in [0.5, 0.6) is 0 Å². The van der Waals surface area contributed by atoms with E-state index < -0.39 is 11.7 Å². The van der Waals surface area contributed by atoms with Crippen molar-refractivity contribution in [3.05, 3.63) is 35.9 Å². The standard InChI is InChI=1S/C9H7F3N2/c1-6-2-7(9(10,11)12)3-8-4-13-5-14(6)8/h2-5H,1H3. The van der Waals surface area contributed by atoms with Crippen molar-refractivity contribution in [3.63, 3.8) is 0 Å². The molecule has 2 rings (SSSR count). The zero-order chi connectivity index (χ0) is 10.3. The molecule has 0 saturated heterocycles. The van der Waals surface area contributed by atoms with Crippen molar-refractivity contribution in [2.45, 2.75) is 13.1 Å². The first kappa shape index (κ1) is 9.05. The van der Waals surface area contributed by atoms with Gasteiger partial charge in [-0.05, 0) is 19.1 Å². The van der Waals surface area contributed by atoms with Crippen LogP contribution in [0.25, 0.3) is 5.52 Å². The van der Waals surface area contributed by atoms with Crippen molar-refractivity contribution in [3.8, 4) is 0 Å². The first-order valence-electron chi connectivity index (χ1n) is 3.98. The van der Waals surface area contributed by atoms with Gasteiger partial charge in [-0.15, -0.1) is 0 Å². The average molecular weight is 200 g/mol. The van der Waals surface area contributed by atoms with Gasteiger partial charge in [-0.25, -0.2) is 4.98 Å². The lowest BCUT2D eigenvalue weighted by atomic mass is 10.2. The van der Waals surface area contributed by atoms with Gasteiger partial charge >= 0.3 is 6.18 Å². The minimum Gasteiger partial charge on any atom is -0.304 e. The molecule has 0 amide bonds. The van der Waals surface area contributed by atoms with Crippen molar-refractivity contribution in [2.24, 2.45) is 0 Å². The molecule has 0 bridgehead atoms. The van der Waals surface area contributed by atoms with Gasteiger partial charge in [0.1, 0.15) is 0 Å². The van der Waals surface area contributed by atoms with E-state index in [4.69, 9.17) is 0 Å². The van der Waals surface area contributed by atoms with E-state index in [0.29, 0.717) is 11.2 Å². The number of fused-ring (bicyclic) bond motifs is 1. The van der Waals surface area contributed by atoms with Gasteiger partial charge in [0, 0.05) is 5.69 Å². The maximum Gasteiger partial charge on any atom is 0.416 e. The minimum atomic E-state index is -4.29. The van der Waals surface area contributed by atoms with E-state index in [9.17, 15) is 13.2 Å². The Hall–Kier alpha value is -1.52. The number of alkyl halides is 3. The number of imidazole rings is 1. The highest BCUT2D eigenvalue weighted by Crippen LogP contribution is 2.30. The molecule has 2 aromatic rings. The Labute approximate surface area is 78.0 Å². The molecule has 0 aromatic carbocycles. The van der Waals surface area contributed by atoms with Gasteiger partial charge in [0.25, 0.3) is 0 Å². The number of rotatable bonds is 0. The van der Waals surface area contributed by atoms with Crippen molar-refractivity contribution in [1.82, 2.24) is 9.38 Å². The lowest BCUT2D eigenvalue weighted by Gasteiger charge is -2.08. The number of aryl methyl sites for hydroxylation is 1. The summed E-state index contributed by atoms with van der Waals surface area (Å²) in [6, 6.07) is 2.19. The maximum absolute atomic E-state index is 12.4. The fourth-order valence-corrected chi connectivity index (χ4v) is 1.37. The van der Waals surface area contributed by atoms with Crippen LogP contribution in [-0.2, 0) is 6.18 Å². The van der Waals surface area contributed by atoms with Gasteiger partial charge < -0.3 is 4.40 Å². The van der Waals surface area contributed by atoms with E-state index in [0.717, 1.165) is 12.1 Å². The zero-order valence-electron chi connectivity index (χ0n) is 7.34. The highest BCUT2D eigenvalue weighted by Gasteiger charge is 2.31. The summed E-state index contributed by atoms with van der Waals surface area (Å²) < 4.78 is 38.7. The van der Waals surface area contributed by atoms with Crippen LogP contribution in [-0.4, -0.2) is 9.38 Å². The molecule has 0 aliphatic heterocycles. The number of nitrogens with zero attached hydrogens (tertiary/aromatic N) is 2. The van der Waals surface area contributed by atoms with Crippen LogP contribution in [0, 0.1) is 6.92 Å². The third kappa shape index (κ3) is 1.34. The molecule has 2 nitrogen and oxygen atoms in total. The Kier molecular flexibility index (Phi) is 1.77. The smallest absolute Gasteiger partial charge is 0.304 e.